The summed E-state index contributed by atoms with van der Waals surface area (Å²) in [6, 6.07) is 13.5. The van der Waals surface area contributed by atoms with Crippen LogP contribution in [0.1, 0.15) is 24.8 Å². The Balaban J connectivity index is 2.20. The van der Waals surface area contributed by atoms with Crippen LogP contribution in [0.2, 0.25) is 5.02 Å². The van der Waals surface area contributed by atoms with Crippen molar-refractivity contribution in [2.45, 2.75) is 19.3 Å². The molecule has 6 heteroatoms. The molecule has 1 aromatic rings. The third-order valence-electron chi connectivity index (χ3n) is 5.63. The van der Waals surface area contributed by atoms with Crippen LogP contribution in [-0.4, -0.2) is 30.2 Å². The molecule has 0 spiro atoms. The van der Waals surface area contributed by atoms with Crippen molar-refractivity contribution in [3.05, 3.63) is 46.5 Å². The van der Waals surface area contributed by atoms with E-state index in [-0.39, 0.29) is 11.6 Å². The molecule has 136 valence electrons. The van der Waals surface area contributed by atoms with Crippen LogP contribution >= 0.6 is 11.6 Å². The monoisotopic (exact) mass is 377 g/mol. The van der Waals surface area contributed by atoms with E-state index < -0.39 is 17.3 Å². The van der Waals surface area contributed by atoms with Crippen molar-refractivity contribution in [2.75, 3.05) is 19.6 Å². The van der Waals surface area contributed by atoms with Crippen LogP contribution in [-0.2, 0) is 0 Å². The molecule has 1 fully saturated rings. The van der Waals surface area contributed by atoms with E-state index in [1.165, 1.54) is 0 Å². The summed E-state index contributed by atoms with van der Waals surface area (Å²) >= 11 is 6.03. The summed E-state index contributed by atoms with van der Waals surface area (Å²) in [6.07, 6.45) is 3.02. The van der Waals surface area contributed by atoms with Gasteiger partial charge >= 0.3 is 0 Å². The summed E-state index contributed by atoms with van der Waals surface area (Å²) in [5.41, 5.74) is -0.0962. The van der Waals surface area contributed by atoms with E-state index in [1.807, 2.05) is 18.2 Å². The molecule has 0 amide bonds. The number of hydrogen-bond donors (Lipinski definition) is 1. The Morgan fingerprint density at radius 3 is 2.44 bits per heavy atom. The van der Waals surface area contributed by atoms with Crippen LogP contribution < -0.4 is 0 Å². The highest BCUT2D eigenvalue weighted by molar-refractivity contribution is 6.30. The maximum absolute atomic E-state index is 9.99. The predicted octanol–water partition coefficient (Wildman–Crippen LogP) is 3.90. The van der Waals surface area contributed by atoms with Gasteiger partial charge in [0.1, 0.15) is 5.92 Å². The standard InChI is InChI=1S/C21H20ClN5/c1-2-8-27-9-7-16-17(10-23)20(26)21(12-24,13-25)19(18(16)11-27)14-3-5-15(22)6-4-14/h3-7,17-19,26H,2,8-9,11H2,1H3/t17?,18-,19-/m0/s1. The second kappa shape index (κ2) is 7.53. The Morgan fingerprint density at radius 2 is 1.89 bits per heavy atom. The molecule has 0 radical (unpaired) electrons. The second-order valence-electron chi connectivity index (χ2n) is 7.11. The van der Waals surface area contributed by atoms with Gasteiger partial charge in [0.25, 0.3) is 0 Å². The third kappa shape index (κ3) is 3.02. The molecule has 1 saturated carbocycles. The van der Waals surface area contributed by atoms with Crippen LogP contribution in [0.15, 0.2) is 35.9 Å². The van der Waals surface area contributed by atoms with Crippen molar-refractivity contribution in [3.8, 4) is 18.2 Å². The second-order valence-corrected chi connectivity index (χ2v) is 7.54. The summed E-state index contributed by atoms with van der Waals surface area (Å²) < 4.78 is 0. The molecule has 1 N–H and O–H groups in total. The first-order chi connectivity index (χ1) is 13.0. The van der Waals surface area contributed by atoms with Crippen molar-refractivity contribution >= 4 is 17.3 Å². The largest absolute Gasteiger partial charge is 0.305 e. The molecule has 3 atom stereocenters. The maximum Gasteiger partial charge on any atom is 0.189 e. The zero-order valence-electron chi connectivity index (χ0n) is 15.1. The van der Waals surface area contributed by atoms with E-state index in [0.717, 1.165) is 30.6 Å². The Kier molecular flexibility index (Phi) is 5.33. The minimum atomic E-state index is -1.66. The molecule has 1 aliphatic carbocycles. The lowest BCUT2D eigenvalue weighted by atomic mass is 9.54. The molecule has 1 aliphatic heterocycles. The molecule has 1 aromatic carbocycles. The van der Waals surface area contributed by atoms with Gasteiger partial charge in [0, 0.05) is 29.9 Å². The molecular formula is C21H20ClN5. The zero-order valence-corrected chi connectivity index (χ0v) is 15.9. The molecule has 2 aliphatic rings. The highest BCUT2D eigenvalue weighted by Gasteiger charge is 2.57. The lowest BCUT2D eigenvalue weighted by Gasteiger charge is -2.47. The van der Waals surface area contributed by atoms with Gasteiger partial charge in [0.05, 0.1) is 23.9 Å². The van der Waals surface area contributed by atoms with Crippen molar-refractivity contribution in [1.29, 1.82) is 21.2 Å². The molecule has 0 bridgehead atoms. The van der Waals surface area contributed by atoms with E-state index in [0.29, 0.717) is 11.6 Å². The molecular weight excluding hydrogens is 358 g/mol. The van der Waals surface area contributed by atoms with Crippen molar-refractivity contribution < 1.29 is 0 Å². The van der Waals surface area contributed by atoms with E-state index in [1.54, 1.807) is 12.1 Å². The first kappa shape index (κ1) is 19.1. The van der Waals surface area contributed by atoms with E-state index in [9.17, 15) is 15.8 Å². The molecule has 27 heavy (non-hydrogen) atoms. The summed E-state index contributed by atoms with van der Waals surface area (Å²) in [7, 11) is 0. The van der Waals surface area contributed by atoms with E-state index in [2.05, 4.69) is 30.0 Å². The minimum absolute atomic E-state index is 0.110. The van der Waals surface area contributed by atoms with E-state index in [4.69, 9.17) is 17.0 Å². The van der Waals surface area contributed by atoms with Gasteiger partial charge in [0.2, 0.25) is 0 Å². The summed E-state index contributed by atoms with van der Waals surface area (Å²) in [6.45, 7) is 4.42. The minimum Gasteiger partial charge on any atom is -0.305 e. The lowest BCUT2D eigenvalue weighted by molar-refractivity contribution is 0.204. The number of halogens is 1. The van der Waals surface area contributed by atoms with Crippen molar-refractivity contribution in [3.63, 3.8) is 0 Å². The van der Waals surface area contributed by atoms with Crippen molar-refractivity contribution in [1.82, 2.24) is 4.90 Å². The van der Waals surface area contributed by atoms with Gasteiger partial charge in [0.15, 0.2) is 5.41 Å². The smallest absolute Gasteiger partial charge is 0.189 e. The highest BCUT2D eigenvalue weighted by atomic mass is 35.5. The summed E-state index contributed by atoms with van der Waals surface area (Å²) in [5.74, 6) is -1.49. The number of fused-ring (bicyclic) bond motifs is 1. The van der Waals surface area contributed by atoms with Crippen LogP contribution in [0.25, 0.3) is 0 Å². The van der Waals surface area contributed by atoms with Gasteiger partial charge in [-0.1, -0.05) is 36.7 Å². The Labute approximate surface area is 164 Å². The number of nitrogens with one attached hydrogen (secondary N) is 1. The van der Waals surface area contributed by atoms with Crippen molar-refractivity contribution in [2.24, 2.45) is 17.3 Å². The molecule has 0 aromatic heterocycles. The first-order valence-electron chi connectivity index (χ1n) is 9.01. The summed E-state index contributed by atoms with van der Waals surface area (Å²) in [4.78, 5) is 2.28. The van der Waals surface area contributed by atoms with Gasteiger partial charge < -0.3 is 5.41 Å². The SMILES string of the molecule is CCCN1CC=C2C(C#N)C(=N)C(C#N)(C#N)[C@@H](c3ccc(Cl)cc3)[C@H]2C1. The Hall–Kier alpha value is -2.65. The van der Waals surface area contributed by atoms with Crippen LogP contribution in [0.3, 0.4) is 0 Å². The fraction of sp³-hybridized carbons (Fsp3) is 0.429. The topological polar surface area (TPSA) is 98.5 Å². The van der Waals surface area contributed by atoms with Gasteiger partial charge in [-0.3, -0.25) is 4.90 Å². The maximum atomic E-state index is 9.99. The molecule has 3 rings (SSSR count). The van der Waals surface area contributed by atoms with Gasteiger partial charge in [-0.25, -0.2) is 0 Å². The Bertz CT molecular complexity index is 882. The molecule has 0 saturated heterocycles. The fourth-order valence-electron chi connectivity index (χ4n) is 4.41. The van der Waals surface area contributed by atoms with Gasteiger partial charge in [-0.15, -0.1) is 0 Å². The first-order valence-corrected chi connectivity index (χ1v) is 9.39. The third-order valence-corrected chi connectivity index (χ3v) is 5.89. The average Bonchev–Trinajstić information content (AvgIpc) is 2.68. The molecule has 1 unspecified atom stereocenters. The molecule has 1 heterocycles. The van der Waals surface area contributed by atoms with Gasteiger partial charge in [-0.05, 0) is 36.2 Å². The van der Waals surface area contributed by atoms with Crippen LogP contribution in [0.4, 0.5) is 0 Å². The Morgan fingerprint density at radius 1 is 1.22 bits per heavy atom. The van der Waals surface area contributed by atoms with Crippen LogP contribution in [0.5, 0.6) is 0 Å². The zero-order chi connectivity index (χ0) is 19.6. The van der Waals surface area contributed by atoms with E-state index >= 15 is 0 Å². The number of nitriles is 3. The number of benzene rings is 1. The highest BCUT2D eigenvalue weighted by Crippen LogP contribution is 2.53. The van der Waals surface area contributed by atoms with Crippen LogP contribution in [0, 0.1) is 56.7 Å². The molecule has 5 nitrogen and oxygen atoms in total. The van der Waals surface area contributed by atoms with Gasteiger partial charge in [-0.2, -0.15) is 15.8 Å². The number of rotatable bonds is 3. The average molecular weight is 378 g/mol. The lowest BCUT2D eigenvalue weighted by Crippen LogP contribution is -2.52. The number of hydrogen-bond acceptors (Lipinski definition) is 5. The fourth-order valence-corrected chi connectivity index (χ4v) is 4.54. The summed E-state index contributed by atoms with van der Waals surface area (Å²) in [5, 5.41) is 38.8. The number of nitrogens with zero attached hydrogens (tertiary/aromatic N) is 4. The normalized spacial score (nSPS) is 26.9. The quantitative estimate of drug-likeness (QED) is 0.807. The predicted molar refractivity (Wildman–Crippen MR) is 103 cm³/mol.